The second-order valence-electron chi connectivity index (χ2n) is 7.75. The Morgan fingerprint density at radius 2 is 1.76 bits per heavy atom. The van der Waals surface area contributed by atoms with Crippen molar-refractivity contribution in [3.05, 3.63) is 11.6 Å². The fourth-order valence-electron chi connectivity index (χ4n) is 2.52. The second-order valence-corrected chi connectivity index (χ2v) is 7.75. The van der Waals surface area contributed by atoms with Crippen LogP contribution in [0.15, 0.2) is 11.6 Å². The maximum Gasteiger partial charge on any atom is 0.333 e. The van der Waals surface area contributed by atoms with Gasteiger partial charge in [-0.3, -0.25) is 9.59 Å². The van der Waals surface area contributed by atoms with E-state index in [9.17, 15) is 14.4 Å². The summed E-state index contributed by atoms with van der Waals surface area (Å²) < 4.78 is 5.01. The number of likely N-dealkylation sites (N-methyl/N-ethyl adjacent to an activating group) is 1. The zero-order valence-corrected chi connectivity index (χ0v) is 17.1. The van der Waals surface area contributed by atoms with E-state index in [-0.39, 0.29) is 29.6 Å². The minimum atomic E-state index is -0.646. The van der Waals surface area contributed by atoms with Gasteiger partial charge < -0.3 is 15.0 Å². The van der Waals surface area contributed by atoms with Crippen LogP contribution in [-0.2, 0) is 14.3 Å². The van der Waals surface area contributed by atoms with E-state index in [1.807, 2.05) is 34.6 Å². The molecule has 0 aromatic carbocycles. The number of carbonyl (C=O) groups excluding carboxylic acids is 3. The van der Waals surface area contributed by atoms with Gasteiger partial charge in [0.15, 0.2) is 5.81 Å². The molecule has 0 aromatic rings. The molecule has 6 nitrogen and oxygen atoms in total. The van der Waals surface area contributed by atoms with Crippen molar-refractivity contribution in [2.45, 2.75) is 60.5 Å². The highest BCUT2D eigenvalue weighted by Gasteiger charge is 2.36. The topological polar surface area (TPSA) is 75.7 Å². The molecule has 0 saturated heterocycles. The summed E-state index contributed by atoms with van der Waals surface area (Å²) in [4.78, 5) is 38.0. The van der Waals surface area contributed by atoms with Crippen LogP contribution < -0.4 is 5.32 Å². The van der Waals surface area contributed by atoms with Gasteiger partial charge in [0.2, 0.25) is 13.8 Å². The number of esters is 1. The molecular weight excluding hydrogens is 319 g/mol. The van der Waals surface area contributed by atoms with Crippen LogP contribution in [0.4, 0.5) is 4.79 Å². The Hall–Kier alpha value is -1.79. The average molecular weight is 352 g/mol. The third-order valence-corrected chi connectivity index (χ3v) is 3.96. The first-order valence-corrected chi connectivity index (χ1v) is 8.72. The standard InChI is InChI=1S/C18H33BN2O4/c1-9-25-16(23)12(4)10-13(11(2)3)21(8)15(22)14(18(5,6)7)20-17(19)24/h10-11,13-14H,9,19H2,1-8H3,(H,20,24)/b12-10+/t13-,14-/m1/s1. The summed E-state index contributed by atoms with van der Waals surface area (Å²) in [5.74, 6) is -0.727. The van der Waals surface area contributed by atoms with Crippen molar-refractivity contribution in [2.24, 2.45) is 11.3 Å². The Morgan fingerprint density at radius 3 is 2.12 bits per heavy atom. The lowest BCUT2D eigenvalue weighted by Crippen LogP contribution is -2.56. The highest BCUT2D eigenvalue weighted by molar-refractivity contribution is 6.57. The molecule has 7 heteroatoms. The predicted octanol–water partition coefficient (Wildman–Crippen LogP) is 1.74. The third-order valence-electron chi connectivity index (χ3n) is 3.96. The molecule has 2 amide bonds. The minimum absolute atomic E-state index is 0.0938. The van der Waals surface area contributed by atoms with Crippen LogP contribution in [0.1, 0.15) is 48.5 Å². The van der Waals surface area contributed by atoms with E-state index in [0.717, 1.165) is 0 Å². The molecule has 0 rings (SSSR count). The molecule has 0 spiro atoms. The van der Waals surface area contributed by atoms with Gasteiger partial charge in [-0.2, -0.15) is 0 Å². The average Bonchev–Trinajstić information content (AvgIpc) is 2.47. The van der Waals surface area contributed by atoms with Gasteiger partial charge in [-0.25, -0.2) is 4.79 Å². The van der Waals surface area contributed by atoms with E-state index in [2.05, 4.69) is 5.32 Å². The first kappa shape index (κ1) is 23.2. The van der Waals surface area contributed by atoms with Crippen molar-refractivity contribution >= 4 is 25.5 Å². The lowest BCUT2D eigenvalue weighted by atomic mass is 9.84. The Balaban J connectivity index is 5.61. The number of hydrogen-bond acceptors (Lipinski definition) is 4. The number of nitrogens with zero attached hydrogens (tertiary/aromatic N) is 1. The predicted molar refractivity (Wildman–Crippen MR) is 102 cm³/mol. The second kappa shape index (κ2) is 9.63. The molecule has 2 atom stereocenters. The largest absolute Gasteiger partial charge is 0.463 e. The highest BCUT2D eigenvalue weighted by Crippen LogP contribution is 2.23. The lowest BCUT2D eigenvalue weighted by Gasteiger charge is -2.37. The zero-order valence-electron chi connectivity index (χ0n) is 17.1. The molecule has 0 aliphatic carbocycles. The number of ether oxygens (including phenoxy) is 1. The molecule has 0 heterocycles. The van der Waals surface area contributed by atoms with Crippen LogP contribution >= 0.6 is 0 Å². The smallest absolute Gasteiger partial charge is 0.333 e. The first-order valence-electron chi connectivity index (χ1n) is 8.72. The summed E-state index contributed by atoms with van der Waals surface area (Å²) in [5, 5.41) is 2.75. The maximum atomic E-state index is 13.0. The summed E-state index contributed by atoms with van der Waals surface area (Å²) in [6, 6.07) is -0.928. The zero-order chi connectivity index (χ0) is 19.9. The molecule has 0 aliphatic heterocycles. The van der Waals surface area contributed by atoms with Gasteiger partial charge in [0.25, 0.3) is 0 Å². The highest BCUT2D eigenvalue weighted by atomic mass is 16.5. The molecule has 0 radical (unpaired) electrons. The molecular formula is C18H33BN2O4. The van der Waals surface area contributed by atoms with E-state index in [0.29, 0.717) is 12.2 Å². The van der Waals surface area contributed by atoms with Crippen LogP contribution in [0.3, 0.4) is 0 Å². The fraction of sp³-hybridized carbons (Fsp3) is 0.722. The van der Waals surface area contributed by atoms with Crippen LogP contribution in [0.2, 0.25) is 0 Å². The van der Waals surface area contributed by atoms with Crippen molar-refractivity contribution in [1.82, 2.24) is 10.2 Å². The molecule has 0 aromatic heterocycles. The van der Waals surface area contributed by atoms with Crippen LogP contribution in [0.25, 0.3) is 0 Å². The van der Waals surface area contributed by atoms with Crippen molar-refractivity contribution in [3.63, 3.8) is 0 Å². The van der Waals surface area contributed by atoms with E-state index in [4.69, 9.17) is 4.74 Å². The Bertz CT molecular complexity index is 524. The molecule has 0 fully saturated rings. The van der Waals surface area contributed by atoms with Gasteiger partial charge in [-0.1, -0.05) is 40.7 Å². The summed E-state index contributed by atoms with van der Waals surface area (Å²) in [5.41, 5.74) is 0.0327. The first-order chi connectivity index (χ1) is 11.3. The number of hydrogen-bond donors (Lipinski definition) is 1. The molecule has 142 valence electrons. The maximum absolute atomic E-state index is 13.0. The molecule has 0 aliphatic rings. The van der Waals surface area contributed by atoms with Gasteiger partial charge in [-0.05, 0) is 25.2 Å². The van der Waals surface area contributed by atoms with Gasteiger partial charge in [0, 0.05) is 12.6 Å². The summed E-state index contributed by atoms with van der Waals surface area (Å²) in [7, 11) is 3.10. The van der Waals surface area contributed by atoms with Gasteiger partial charge in [0.1, 0.15) is 6.04 Å². The quantitative estimate of drug-likeness (QED) is 0.430. The molecule has 0 unspecified atom stereocenters. The molecule has 0 bridgehead atoms. The van der Waals surface area contributed by atoms with Crippen LogP contribution in [-0.4, -0.2) is 56.2 Å². The monoisotopic (exact) mass is 352 g/mol. The number of amides is 2. The van der Waals surface area contributed by atoms with E-state index < -0.39 is 11.5 Å². The molecule has 0 saturated carbocycles. The van der Waals surface area contributed by atoms with E-state index >= 15 is 0 Å². The normalized spacial score (nSPS) is 14.7. The van der Waals surface area contributed by atoms with E-state index in [1.165, 1.54) is 7.85 Å². The van der Waals surface area contributed by atoms with Crippen molar-refractivity contribution < 1.29 is 19.1 Å². The fourth-order valence-corrected chi connectivity index (χ4v) is 2.52. The molecule has 1 N–H and O–H groups in total. The van der Waals surface area contributed by atoms with Gasteiger partial charge >= 0.3 is 5.97 Å². The number of rotatable bonds is 7. The SMILES string of the molecule is BC(=O)N[C@H](C(=O)N(C)[C@H](/C=C(\C)C(=O)OCC)C(C)C)C(C)(C)C. The van der Waals surface area contributed by atoms with Crippen LogP contribution in [0.5, 0.6) is 0 Å². The number of nitrogens with one attached hydrogen (secondary N) is 1. The van der Waals surface area contributed by atoms with Gasteiger partial charge in [-0.15, -0.1) is 0 Å². The van der Waals surface area contributed by atoms with Crippen molar-refractivity contribution in [2.75, 3.05) is 13.7 Å². The lowest BCUT2D eigenvalue weighted by molar-refractivity contribution is -0.139. The van der Waals surface area contributed by atoms with Gasteiger partial charge in [0.05, 0.1) is 12.6 Å². The number of carbonyl (C=O) groups is 3. The van der Waals surface area contributed by atoms with Crippen molar-refractivity contribution in [1.29, 1.82) is 0 Å². The summed E-state index contributed by atoms with van der Waals surface area (Å²) in [6.07, 6.45) is 1.76. The summed E-state index contributed by atoms with van der Waals surface area (Å²) in [6.45, 7) is 13.4. The summed E-state index contributed by atoms with van der Waals surface area (Å²) >= 11 is 0. The Morgan fingerprint density at radius 1 is 1.24 bits per heavy atom. The molecule has 25 heavy (non-hydrogen) atoms. The Labute approximate surface area is 152 Å². The van der Waals surface area contributed by atoms with Crippen LogP contribution in [0, 0.1) is 11.3 Å². The van der Waals surface area contributed by atoms with E-state index in [1.54, 1.807) is 31.9 Å². The Kier molecular flexibility index (Phi) is 8.95. The third kappa shape index (κ3) is 7.32. The van der Waals surface area contributed by atoms with Crippen molar-refractivity contribution in [3.8, 4) is 0 Å². The minimum Gasteiger partial charge on any atom is -0.463 e.